The van der Waals surface area contributed by atoms with Crippen LogP contribution < -0.4 is 0 Å². The van der Waals surface area contributed by atoms with E-state index in [9.17, 15) is 13.2 Å². The molecule has 0 aromatic carbocycles. The minimum atomic E-state index is -3.75. The first-order valence-electron chi connectivity index (χ1n) is 7.22. The molecule has 0 unspecified atom stereocenters. The quantitative estimate of drug-likeness (QED) is 0.592. The molecule has 0 spiro atoms. The Bertz CT molecular complexity index is 695. The molecule has 1 fully saturated rings. The molecule has 1 aliphatic heterocycles. The van der Waals surface area contributed by atoms with Crippen molar-refractivity contribution < 1.29 is 17.9 Å². The number of hydrogen-bond donors (Lipinski definition) is 0. The van der Waals surface area contributed by atoms with Crippen LogP contribution in [0.5, 0.6) is 0 Å². The lowest BCUT2D eigenvalue weighted by molar-refractivity contribution is 0.0295. The van der Waals surface area contributed by atoms with E-state index in [-0.39, 0.29) is 16.9 Å². The Morgan fingerprint density at radius 1 is 1.39 bits per heavy atom. The van der Waals surface area contributed by atoms with Crippen molar-refractivity contribution >= 4 is 27.5 Å². The third-order valence-electron chi connectivity index (χ3n) is 3.29. The van der Waals surface area contributed by atoms with Gasteiger partial charge < -0.3 is 9.64 Å². The van der Waals surface area contributed by atoms with Crippen molar-refractivity contribution in [1.29, 1.82) is 0 Å². The largest absolute Gasteiger partial charge is 0.444 e. The Morgan fingerprint density at radius 2 is 2.04 bits per heavy atom. The van der Waals surface area contributed by atoms with Crippen molar-refractivity contribution in [2.45, 2.75) is 50.1 Å². The van der Waals surface area contributed by atoms with Crippen LogP contribution in [0.2, 0.25) is 5.15 Å². The first-order chi connectivity index (χ1) is 10.5. The Hall–Kier alpha value is -1.41. The zero-order valence-corrected chi connectivity index (χ0v) is 15.1. The van der Waals surface area contributed by atoms with Gasteiger partial charge in [0.25, 0.3) is 0 Å². The fourth-order valence-electron chi connectivity index (χ4n) is 2.25. The molecule has 7 nitrogen and oxygen atoms in total. The predicted octanol–water partition coefficient (Wildman–Crippen LogP) is 2.22. The second-order valence-corrected chi connectivity index (χ2v) is 9.01. The summed E-state index contributed by atoms with van der Waals surface area (Å²) in [6.07, 6.45) is -0.199. The molecule has 1 aliphatic rings. The number of carbonyl (C=O) groups excluding carboxylic acids is 1. The minimum absolute atomic E-state index is 0.0617. The van der Waals surface area contributed by atoms with Gasteiger partial charge in [-0.1, -0.05) is 11.6 Å². The maximum absolute atomic E-state index is 12.6. The number of rotatable bonds is 2. The number of sulfone groups is 1. The third kappa shape index (κ3) is 4.32. The number of amides is 1. The third-order valence-corrected chi connectivity index (χ3v) is 5.44. The summed E-state index contributed by atoms with van der Waals surface area (Å²) in [5, 5.41) is -0.968. The van der Waals surface area contributed by atoms with Crippen LogP contribution in [0.25, 0.3) is 0 Å². The van der Waals surface area contributed by atoms with Crippen molar-refractivity contribution in [2.75, 3.05) is 13.1 Å². The van der Waals surface area contributed by atoms with Crippen molar-refractivity contribution in [3.05, 3.63) is 16.9 Å². The number of hydrogen-bond acceptors (Lipinski definition) is 6. The summed E-state index contributed by atoms with van der Waals surface area (Å²) in [4.78, 5) is 21.2. The summed E-state index contributed by atoms with van der Waals surface area (Å²) < 4.78 is 30.5. The highest BCUT2D eigenvalue weighted by Crippen LogP contribution is 2.24. The maximum atomic E-state index is 12.6. The highest BCUT2D eigenvalue weighted by atomic mass is 35.5. The molecule has 0 N–H and O–H groups in total. The Labute approximate surface area is 140 Å². The van der Waals surface area contributed by atoms with Crippen molar-refractivity contribution in [3.63, 3.8) is 0 Å². The number of aryl methyl sites for hydroxylation is 1. The molecule has 0 aliphatic carbocycles. The summed E-state index contributed by atoms with van der Waals surface area (Å²) in [6, 6.07) is 1.49. The van der Waals surface area contributed by atoms with Gasteiger partial charge in [-0.15, -0.1) is 0 Å². The lowest BCUT2D eigenvalue weighted by Crippen LogP contribution is -2.37. The summed E-state index contributed by atoms with van der Waals surface area (Å²) in [5.41, 5.74) is -0.146. The summed E-state index contributed by atoms with van der Waals surface area (Å²) in [5.74, 6) is 0. The number of nitrogens with zero attached hydrogens (tertiary/aromatic N) is 3. The summed E-state index contributed by atoms with van der Waals surface area (Å²) >= 11 is 5.81. The van der Waals surface area contributed by atoms with Gasteiger partial charge in [0.05, 0.1) is 5.25 Å². The van der Waals surface area contributed by atoms with Crippen LogP contribution in [0.1, 0.15) is 32.9 Å². The maximum Gasteiger partial charge on any atom is 0.410 e. The fourth-order valence-corrected chi connectivity index (χ4v) is 4.13. The molecule has 1 atom stereocenters. The number of halogens is 1. The SMILES string of the molecule is Cc1cc(Cl)nc(S(=O)(=O)[C@H]2CCN(C(=O)OC(C)(C)C)C2)n1. The van der Waals surface area contributed by atoms with E-state index in [1.165, 1.54) is 11.0 Å². The molecule has 2 rings (SSSR count). The van der Waals surface area contributed by atoms with Gasteiger partial charge in [-0.3, -0.25) is 0 Å². The highest BCUT2D eigenvalue weighted by Gasteiger charge is 2.39. The Kier molecular flexibility index (Phi) is 4.86. The molecule has 2 heterocycles. The Balaban J connectivity index is 2.15. The molecule has 1 amide bonds. The standard InChI is InChI=1S/C14H20ClN3O4S/c1-9-7-11(15)17-12(16-9)23(20,21)10-5-6-18(8-10)13(19)22-14(2,3)4/h7,10H,5-6,8H2,1-4H3/t10-/m0/s1. The van der Waals surface area contributed by atoms with Gasteiger partial charge in [0, 0.05) is 18.8 Å². The van der Waals surface area contributed by atoms with Crippen LogP contribution in [0.4, 0.5) is 4.79 Å². The molecule has 9 heteroatoms. The van der Waals surface area contributed by atoms with Crippen molar-refractivity contribution in [3.8, 4) is 0 Å². The molecule has 128 valence electrons. The average molecular weight is 362 g/mol. The smallest absolute Gasteiger partial charge is 0.410 e. The van der Waals surface area contributed by atoms with Gasteiger partial charge in [-0.25, -0.2) is 23.2 Å². The van der Waals surface area contributed by atoms with E-state index >= 15 is 0 Å². The first-order valence-corrected chi connectivity index (χ1v) is 9.14. The van der Waals surface area contributed by atoms with Crippen LogP contribution >= 0.6 is 11.6 Å². The zero-order chi connectivity index (χ0) is 17.4. The number of likely N-dealkylation sites (tertiary alicyclic amines) is 1. The van der Waals surface area contributed by atoms with Gasteiger partial charge in [0.2, 0.25) is 15.0 Å². The highest BCUT2D eigenvalue weighted by molar-refractivity contribution is 7.91. The van der Waals surface area contributed by atoms with Gasteiger partial charge in [-0.05, 0) is 40.2 Å². The van der Waals surface area contributed by atoms with Crippen LogP contribution in [-0.2, 0) is 14.6 Å². The lowest BCUT2D eigenvalue weighted by Gasteiger charge is -2.24. The van der Waals surface area contributed by atoms with Gasteiger partial charge in [0.1, 0.15) is 10.8 Å². The van der Waals surface area contributed by atoms with Gasteiger partial charge >= 0.3 is 6.09 Å². The van der Waals surface area contributed by atoms with Crippen LogP contribution in [0, 0.1) is 6.92 Å². The molecule has 1 saturated heterocycles. The molecule has 0 saturated carbocycles. The fraction of sp³-hybridized carbons (Fsp3) is 0.643. The minimum Gasteiger partial charge on any atom is -0.444 e. The number of ether oxygens (including phenoxy) is 1. The summed E-state index contributed by atoms with van der Waals surface area (Å²) in [7, 11) is -3.75. The molecular formula is C14H20ClN3O4S. The normalized spacial score (nSPS) is 19.0. The van der Waals surface area contributed by atoms with E-state index in [0.29, 0.717) is 18.7 Å². The van der Waals surface area contributed by atoms with Crippen LogP contribution in [-0.4, -0.2) is 53.3 Å². The molecule has 23 heavy (non-hydrogen) atoms. The lowest BCUT2D eigenvalue weighted by atomic mass is 10.2. The van der Waals surface area contributed by atoms with E-state index < -0.39 is 26.8 Å². The topological polar surface area (TPSA) is 89.5 Å². The molecule has 1 aromatic heterocycles. The predicted molar refractivity (Wildman–Crippen MR) is 85.2 cm³/mol. The number of aromatic nitrogens is 2. The van der Waals surface area contributed by atoms with Crippen LogP contribution in [0.15, 0.2) is 11.2 Å². The van der Waals surface area contributed by atoms with Crippen LogP contribution in [0.3, 0.4) is 0 Å². The monoisotopic (exact) mass is 361 g/mol. The molecular weight excluding hydrogens is 342 g/mol. The van der Waals surface area contributed by atoms with E-state index in [1.54, 1.807) is 27.7 Å². The molecule has 1 aromatic rings. The van der Waals surface area contributed by atoms with E-state index in [4.69, 9.17) is 16.3 Å². The second-order valence-electron chi connectivity index (χ2n) is 6.50. The van der Waals surface area contributed by atoms with E-state index in [2.05, 4.69) is 9.97 Å². The first kappa shape index (κ1) is 17.9. The van der Waals surface area contributed by atoms with E-state index in [1.807, 2.05) is 0 Å². The Morgan fingerprint density at radius 3 is 2.61 bits per heavy atom. The van der Waals surface area contributed by atoms with Crippen molar-refractivity contribution in [1.82, 2.24) is 14.9 Å². The van der Waals surface area contributed by atoms with Gasteiger partial charge in [0.15, 0.2) is 0 Å². The average Bonchev–Trinajstić information content (AvgIpc) is 2.85. The van der Waals surface area contributed by atoms with Crippen molar-refractivity contribution in [2.24, 2.45) is 0 Å². The zero-order valence-electron chi connectivity index (χ0n) is 13.5. The summed E-state index contributed by atoms with van der Waals surface area (Å²) in [6.45, 7) is 7.31. The number of carbonyl (C=O) groups is 1. The second kappa shape index (κ2) is 6.24. The van der Waals surface area contributed by atoms with E-state index in [0.717, 1.165) is 0 Å². The van der Waals surface area contributed by atoms with Gasteiger partial charge in [-0.2, -0.15) is 0 Å². The molecule has 0 bridgehead atoms. The molecule has 0 radical (unpaired) electrons.